The maximum Gasteiger partial charge on any atom is 0.341 e. The van der Waals surface area contributed by atoms with Crippen LogP contribution in [0.5, 0.6) is 5.75 Å². The number of benzene rings is 3. The molecule has 0 amide bonds. The van der Waals surface area contributed by atoms with Gasteiger partial charge in [0.05, 0.1) is 30.0 Å². The van der Waals surface area contributed by atoms with Crippen LogP contribution in [0.1, 0.15) is 34.8 Å². The minimum absolute atomic E-state index is 0.0623. The highest BCUT2D eigenvalue weighted by Gasteiger charge is 2.29. The summed E-state index contributed by atoms with van der Waals surface area (Å²) in [6, 6.07) is 15.9. The summed E-state index contributed by atoms with van der Waals surface area (Å²) in [5.74, 6) is -1.69. The van der Waals surface area contributed by atoms with E-state index >= 15 is 4.39 Å². The molecule has 10 nitrogen and oxygen atoms in total. The van der Waals surface area contributed by atoms with Crippen molar-refractivity contribution in [1.82, 2.24) is 23.8 Å². The molecular formula is C33H30F2N6O4S. The molecule has 2 aliphatic rings. The van der Waals surface area contributed by atoms with Crippen LogP contribution in [0, 0.1) is 16.4 Å². The number of nitrogens with zero attached hydrogens (tertiary/aromatic N) is 6. The second-order valence-electron chi connectivity index (χ2n) is 11.7. The lowest BCUT2D eigenvalue weighted by Gasteiger charge is -2.36. The van der Waals surface area contributed by atoms with Gasteiger partial charge >= 0.3 is 5.97 Å². The topological polar surface area (TPSA) is 109 Å². The lowest BCUT2D eigenvalue weighted by molar-refractivity contribution is 0.0694. The van der Waals surface area contributed by atoms with Gasteiger partial charge in [-0.2, -0.15) is 5.10 Å². The first-order valence-corrected chi connectivity index (χ1v) is 15.4. The molecule has 3 aromatic carbocycles. The van der Waals surface area contributed by atoms with Gasteiger partial charge in [0.15, 0.2) is 10.6 Å². The molecule has 1 saturated carbocycles. The molecule has 0 spiro atoms. The largest absolute Gasteiger partial charge is 0.507 e. The number of carboxylic acids is 1. The van der Waals surface area contributed by atoms with Gasteiger partial charge in [-0.25, -0.2) is 18.3 Å². The van der Waals surface area contributed by atoms with Crippen molar-refractivity contribution in [2.24, 2.45) is 0 Å². The summed E-state index contributed by atoms with van der Waals surface area (Å²) >= 11 is 5.84. The van der Waals surface area contributed by atoms with E-state index in [1.165, 1.54) is 18.3 Å². The standard InChI is InChI=1S/C33H30F2N6O4S/c34-21-7-5-20(6-8-21)17-40-31(23-3-1-2-4-29(23)42)36-41(33(40)46)19-37-11-13-38(14-12-37)28-16-27-24(15-26(28)35)30(43)25(32(44)45)18-39(27)22-9-10-22/h1-8,15-16,18,22,42H,9-14,17,19H2,(H,44,45). The highest BCUT2D eigenvalue weighted by atomic mass is 32.1. The molecule has 1 saturated heterocycles. The number of hydrogen-bond donors (Lipinski definition) is 2. The Hall–Kier alpha value is -4.88. The second-order valence-corrected chi connectivity index (χ2v) is 12.1. The number of para-hydroxylation sites is 1. The van der Waals surface area contributed by atoms with E-state index in [0.29, 0.717) is 66.8 Å². The number of aromatic nitrogens is 4. The summed E-state index contributed by atoms with van der Waals surface area (Å²) in [6.45, 7) is 2.84. The van der Waals surface area contributed by atoms with E-state index in [2.05, 4.69) is 4.90 Å². The predicted octanol–water partition coefficient (Wildman–Crippen LogP) is 5.24. The molecule has 1 aliphatic carbocycles. The normalized spacial score (nSPS) is 15.5. The lowest BCUT2D eigenvalue weighted by atomic mass is 10.1. The molecule has 0 bridgehead atoms. The van der Waals surface area contributed by atoms with Gasteiger partial charge in [-0.1, -0.05) is 24.3 Å². The summed E-state index contributed by atoms with van der Waals surface area (Å²) in [4.78, 5) is 28.6. The summed E-state index contributed by atoms with van der Waals surface area (Å²) in [7, 11) is 0. The number of piperazine rings is 1. The van der Waals surface area contributed by atoms with Crippen molar-refractivity contribution in [3.05, 3.63) is 105 Å². The number of hydrogen-bond acceptors (Lipinski definition) is 7. The SMILES string of the molecule is O=C(O)c1cn(C2CC2)c2cc(N3CCN(Cn4nc(-c5ccccc5O)n(Cc5ccc(F)cc5)c4=S)CC3)c(F)cc2c1=O. The summed E-state index contributed by atoms with van der Waals surface area (Å²) in [5, 5.41) is 25.0. The Kier molecular flexibility index (Phi) is 7.65. The molecule has 5 aromatic rings. The third-order valence-electron chi connectivity index (χ3n) is 8.64. The monoisotopic (exact) mass is 644 g/mol. The third-order valence-corrected chi connectivity index (χ3v) is 9.07. The number of rotatable bonds is 8. The number of carbonyl (C=O) groups is 1. The van der Waals surface area contributed by atoms with E-state index in [-0.39, 0.29) is 28.6 Å². The summed E-state index contributed by atoms with van der Waals surface area (Å²) in [6.07, 6.45) is 3.12. The van der Waals surface area contributed by atoms with Crippen LogP contribution in [-0.4, -0.2) is 66.2 Å². The smallest absolute Gasteiger partial charge is 0.341 e. The number of aromatic hydroxyl groups is 1. The number of aromatic carboxylic acids is 1. The molecule has 2 fully saturated rings. The van der Waals surface area contributed by atoms with Crippen LogP contribution in [0.15, 0.2) is 71.7 Å². The lowest BCUT2D eigenvalue weighted by Crippen LogP contribution is -2.47. The van der Waals surface area contributed by atoms with Crippen molar-refractivity contribution in [2.75, 3.05) is 31.1 Å². The Labute approximate surface area is 267 Å². The molecular weight excluding hydrogens is 614 g/mol. The van der Waals surface area contributed by atoms with E-state index in [0.717, 1.165) is 24.5 Å². The zero-order chi connectivity index (χ0) is 32.1. The van der Waals surface area contributed by atoms with Crippen LogP contribution in [0.25, 0.3) is 22.3 Å². The zero-order valence-electron chi connectivity index (χ0n) is 24.6. The van der Waals surface area contributed by atoms with Crippen molar-refractivity contribution in [1.29, 1.82) is 0 Å². The summed E-state index contributed by atoms with van der Waals surface area (Å²) < 4.78 is 34.8. The minimum Gasteiger partial charge on any atom is -0.507 e. The maximum absolute atomic E-state index is 15.5. The average Bonchev–Trinajstić information content (AvgIpc) is 3.85. The van der Waals surface area contributed by atoms with Gasteiger partial charge in [-0.05, 0) is 67.0 Å². The number of pyridine rings is 1. The van der Waals surface area contributed by atoms with Gasteiger partial charge in [0.2, 0.25) is 5.43 Å². The maximum atomic E-state index is 15.5. The molecule has 13 heteroatoms. The quantitative estimate of drug-likeness (QED) is 0.221. The molecule has 1 aliphatic heterocycles. The molecule has 0 unspecified atom stereocenters. The van der Waals surface area contributed by atoms with Gasteiger partial charge in [-0.15, -0.1) is 0 Å². The molecule has 0 radical (unpaired) electrons. The molecule has 46 heavy (non-hydrogen) atoms. The number of halogens is 2. The van der Waals surface area contributed by atoms with Crippen LogP contribution in [-0.2, 0) is 13.2 Å². The number of carboxylic acid groups (broad SMARTS) is 1. The highest BCUT2D eigenvalue weighted by molar-refractivity contribution is 7.71. The van der Waals surface area contributed by atoms with Crippen LogP contribution in [0.3, 0.4) is 0 Å². The van der Waals surface area contributed by atoms with E-state index in [4.69, 9.17) is 17.3 Å². The fourth-order valence-electron chi connectivity index (χ4n) is 6.04. The Morgan fingerprint density at radius 2 is 1.72 bits per heavy atom. The third kappa shape index (κ3) is 5.56. The van der Waals surface area contributed by atoms with Gasteiger partial charge in [0.25, 0.3) is 0 Å². The molecule has 2 aromatic heterocycles. The van der Waals surface area contributed by atoms with Crippen LogP contribution in [0.2, 0.25) is 0 Å². The Balaban J connectivity index is 1.14. The number of phenols is 1. The van der Waals surface area contributed by atoms with Crippen molar-refractivity contribution < 1.29 is 23.8 Å². The van der Waals surface area contributed by atoms with Crippen LogP contribution < -0.4 is 10.3 Å². The van der Waals surface area contributed by atoms with E-state index in [9.17, 15) is 24.2 Å². The van der Waals surface area contributed by atoms with Crippen molar-refractivity contribution in [3.8, 4) is 17.1 Å². The first-order valence-electron chi connectivity index (χ1n) is 15.0. The van der Waals surface area contributed by atoms with Crippen molar-refractivity contribution >= 4 is 34.8 Å². The van der Waals surface area contributed by atoms with E-state index in [1.807, 2.05) is 9.47 Å². The Bertz CT molecular complexity index is 2100. The number of anilines is 1. The van der Waals surface area contributed by atoms with Crippen LogP contribution >= 0.6 is 12.2 Å². The van der Waals surface area contributed by atoms with E-state index in [1.54, 1.807) is 51.7 Å². The predicted molar refractivity (Wildman–Crippen MR) is 171 cm³/mol. The number of phenolic OH excluding ortho intramolecular Hbond substituents is 1. The Morgan fingerprint density at radius 3 is 2.39 bits per heavy atom. The first-order chi connectivity index (χ1) is 22.2. The summed E-state index contributed by atoms with van der Waals surface area (Å²) in [5.41, 5.74) is 1.20. The molecule has 7 rings (SSSR count). The van der Waals surface area contributed by atoms with Crippen molar-refractivity contribution in [2.45, 2.75) is 32.1 Å². The molecule has 3 heterocycles. The number of fused-ring (bicyclic) bond motifs is 1. The highest BCUT2D eigenvalue weighted by Crippen LogP contribution is 2.38. The van der Waals surface area contributed by atoms with Gasteiger partial charge in [0, 0.05) is 43.8 Å². The fraction of sp³-hybridized carbons (Fsp3) is 0.273. The second kappa shape index (κ2) is 11.8. The zero-order valence-corrected chi connectivity index (χ0v) is 25.5. The van der Waals surface area contributed by atoms with Crippen LogP contribution in [0.4, 0.5) is 14.5 Å². The minimum atomic E-state index is -1.32. The Morgan fingerprint density at radius 1 is 1.00 bits per heavy atom. The fourth-order valence-corrected chi connectivity index (χ4v) is 6.29. The van der Waals surface area contributed by atoms with E-state index < -0.39 is 17.2 Å². The van der Waals surface area contributed by atoms with Gasteiger partial charge in [-0.3, -0.25) is 14.3 Å². The molecule has 2 N–H and O–H groups in total. The van der Waals surface area contributed by atoms with Gasteiger partial charge in [0.1, 0.15) is 22.9 Å². The first kappa shape index (κ1) is 29.8. The molecule has 236 valence electrons. The van der Waals surface area contributed by atoms with Gasteiger partial charge < -0.3 is 19.7 Å². The van der Waals surface area contributed by atoms with Crippen molar-refractivity contribution in [3.63, 3.8) is 0 Å². The molecule has 0 atom stereocenters. The average molecular weight is 645 g/mol.